The first-order valence-corrected chi connectivity index (χ1v) is 9.87. The molecule has 3 N–H and O–H groups in total. The minimum atomic E-state index is -5.08. The average Bonchev–Trinajstić information content (AvgIpc) is 3.09. The molecular weight excluding hydrogens is 439 g/mol. The Morgan fingerprint density at radius 2 is 1.85 bits per heavy atom. The smallest absolute Gasteiger partial charge is 0.475 e. The van der Waals surface area contributed by atoms with Gasteiger partial charge in [-0.3, -0.25) is 9.48 Å². The van der Waals surface area contributed by atoms with Crippen LogP contribution in [-0.2, 0) is 11.8 Å². The van der Waals surface area contributed by atoms with Gasteiger partial charge in [0.05, 0.1) is 10.9 Å². The van der Waals surface area contributed by atoms with Gasteiger partial charge in [-0.25, -0.2) is 4.79 Å². The highest BCUT2D eigenvalue weighted by Crippen LogP contribution is 2.31. The Hall–Kier alpha value is -3.66. The third-order valence-electron chi connectivity index (χ3n) is 5.01. The number of hydrogen-bond acceptors (Lipinski definition) is 5. The highest BCUT2D eigenvalue weighted by molar-refractivity contribution is 5.87. The molecule has 0 aliphatic rings. The summed E-state index contributed by atoms with van der Waals surface area (Å²) in [6.45, 7) is 5.67. The zero-order chi connectivity index (χ0) is 24.7. The number of aromatic nitrogens is 2. The van der Waals surface area contributed by atoms with Gasteiger partial charge in [0.2, 0.25) is 0 Å². The summed E-state index contributed by atoms with van der Waals surface area (Å²) in [6.07, 6.45) is -3.13. The largest absolute Gasteiger partial charge is 0.490 e. The fourth-order valence-corrected chi connectivity index (χ4v) is 3.47. The lowest BCUT2D eigenvalue weighted by Crippen LogP contribution is -2.21. The first-order chi connectivity index (χ1) is 15.3. The van der Waals surface area contributed by atoms with Crippen LogP contribution in [0.4, 0.5) is 13.2 Å². The van der Waals surface area contributed by atoms with Gasteiger partial charge in [0, 0.05) is 41.4 Å². The van der Waals surface area contributed by atoms with Gasteiger partial charge in [0.15, 0.2) is 5.43 Å². The van der Waals surface area contributed by atoms with E-state index in [1.54, 1.807) is 4.68 Å². The van der Waals surface area contributed by atoms with Crippen molar-refractivity contribution in [3.8, 4) is 11.3 Å². The summed E-state index contributed by atoms with van der Waals surface area (Å²) in [4.78, 5) is 21.9. The summed E-state index contributed by atoms with van der Waals surface area (Å²) in [7, 11) is 1.89. The van der Waals surface area contributed by atoms with Crippen molar-refractivity contribution in [3.63, 3.8) is 0 Å². The predicted molar refractivity (Wildman–Crippen MR) is 118 cm³/mol. The SMILES string of the molecule is Cc1cc(C(C)N)c2oc(-c3ccc4nn(C)cc4c3)c(C)c(=O)c2c1.O=C(O)C(F)(F)F. The minimum Gasteiger partial charge on any atom is -0.475 e. The van der Waals surface area contributed by atoms with Crippen LogP contribution in [0, 0.1) is 13.8 Å². The highest BCUT2D eigenvalue weighted by atomic mass is 19.4. The van der Waals surface area contributed by atoms with Crippen LogP contribution < -0.4 is 11.2 Å². The average molecular weight is 461 g/mol. The summed E-state index contributed by atoms with van der Waals surface area (Å²) >= 11 is 0. The van der Waals surface area contributed by atoms with Gasteiger partial charge in [-0.2, -0.15) is 18.3 Å². The standard InChI is InChI=1S/C21H21N3O2.C2HF3O2/c1-11-7-16(13(3)22)21-17(8-11)19(25)12(2)20(26-21)14-5-6-18-15(9-14)10-24(4)23-18;3-2(4,5)1(6)7/h5-10,13H,22H2,1-4H3;(H,6,7). The van der Waals surface area contributed by atoms with Gasteiger partial charge >= 0.3 is 12.1 Å². The molecule has 0 saturated heterocycles. The summed E-state index contributed by atoms with van der Waals surface area (Å²) in [5.41, 5.74) is 10.9. The Morgan fingerprint density at radius 3 is 2.42 bits per heavy atom. The lowest BCUT2D eigenvalue weighted by molar-refractivity contribution is -0.192. The van der Waals surface area contributed by atoms with E-state index in [-0.39, 0.29) is 11.5 Å². The molecule has 2 heterocycles. The molecule has 0 saturated carbocycles. The van der Waals surface area contributed by atoms with Crippen molar-refractivity contribution >= 4 is 27.8 Å². The molecule has 0 fully saturated rings. The maximum absolute atomic E-state index is 13.0. The van der Waals surface area contributed by atoms with Crippen LogP contribution in [0.15, 0.2) is 45.7 Å². The van der Waals surface area contributed by atoms with Gasteiger partial charge in [-0.1, -0.05) is 6.07 Å². The van der Waals surface area contributed by atoms with Crippen LogP contribution in [0.5, 0.6) is 0 Å². The molecule has 174 valence electrons. The van der Waals surface area contributed by atoms with Crippen molar-refractivity contribution in [1.29, 1.82) is 0 Å². The van der Waals surface area contributed by atoms with E-state index in [1.165, 1.54) is 0 Å². The zero-order valence-corrected chi connectivity index (χ0v) is 18.3. The van der Waals surface area contributed by atoms with Crippen LogP contribution in [0.1, 0.15) is 29.7 Å². The molecule has 0 radical (unpaired) electrons. The van der Waals surface area contributed by atoms with Crippen LogP contribution >= 0.6 is 0 Å². The first-order valence-electron chi connectivity index (χ1n) is 9.87. The van der Waals surface area contributed by atoms with Crippen molar-refractivity contribution in [3.05, 3.63) is 63.4 Å². The molecule has 2 aromatic heterocycles. The number of nitrogens with two attached hydrogens (primary N) is 1. The van der Waals surface area contributed by atoms with E-state index in [4.69, 9.17) is 20.1 Å². The van der Waals surface area contributed by atoms with Crippen molar-refractivity contribution in [2.45, 2.75) is 33.0 Å². The van der Waals surface area contributed by atoms with Crippen molar-refractivity contribution in [2.75, 3.05) is 0 Å². The second kappa shape index (κ2) is 8.70. The lowest BCUT2D eigenvalue weighted by atomic mass is 9.99. The van der Waals surface area contributed by atoms with E-state index in [2.05, 4.69) is 5.10 Å². The topological polar surface area (TPSA) is 111 Å². The van der Waals surface area contributed by atoms with Gasteiger partial charge in [0.25, 0.3) is 0 Å². The fraction of sp³-hybridized carbons (Fsp3) is 0.261. The number of benzene rings is 2. The highest BCUT2D eigenvalue weighted by Gasteiger charge is 2.38. The van der Waals surface area contributed by atoms with Crippen LogP contribution in [0.25, 0.3) is 33.2 Å². The molecule has 10 heteroatoms. The number of fused-ring (bicyclic) bond motifs is 2. The van der Waals surface area contributed by atoms with E-state index >= 15 is 0 Å². The number of carboxylic acid groups (broad SMARTS) is 1. The predicted octanol–water partition coefficient (Wildman–Crippen LogP) is 4.62. The second-order valence-electron chi connectivity index (χ2n) is 7.78. The van der Waals surface area contributed by atoms with Crippen molar-refractivity contribution in [1.82, 2.24) is 9.78 Å². The zero-order valence-electron chi connectivity index (χ0n) is 18.3. The normalized spacial score (nSPS) is 12.5. The number of halogens is 3. The minimum absolute atomic E-state index is 0.0156. The number of hydrogen-bond donors (Lipinski definition) is 2. The number of rotatable bonds is 2. The molecule has 33 heavy (non-hydrogen) atoms. The molecule has 0 aliphatic carbocycles. The molecule has 4 rings (SSSR count). The van der Waals surface area contributed by atoms with Gasteiger partial charge in [-0.15, -0.1) is 0 Å². The number of aryl methyl sites for hydroxylation is 2. The molecule has 1 atom stereocenters. The first kappa shape index (κ1) is 24.0. The second-order valence-corrected chi connectivity index (χ2v) is 7.78. The lowest BCUT2D eigenvalue weighted by Gasteiger charge is -2.13. The molecule has 0 amide bonds. The number of nitrogens with zero attached hydrogens (tertiary/aromatic N) is 2. The summed E-state index contributed by atoms with van der Waals surface area (Å²) in [6, 6.07) is 9.51. The molecule has 1 unspecified atom stereocenters. The third-order valence-corrected chi connectivity index (χ3v) is 5.01. The monoisotopic (exact) mass is 461 g/mol. The summed E-state index contributed by atoms with van der Waals surface area (Å²) in [5.74, 6) is -2.17. The van der Waals surface area contributed by atoms with Gasteiger partial charge in [-0.05, 0) is 50.6 Å². The molecule has 0 bridgehead atoms. The van der Waals surface area contributed by atoms with E-state index in [0.29, 0.717) is 22.3 Å². The van der Waals surface area contributed by atoms with Crippen molar-refractivity contribution < 1.29 is 27.5 Å². The molecule has 0 aliphatic heterocycles. The molecule has 2 aromatic carbocycles. The van der Waals surface area contributed by atoms with E-state index in [9.17, 15) is 18.0 Å². The number of carboxylic acids is 1. The maximum Gasteiger partial charge on any atom is 0.490 e. The molecule has 7 nitrogen and oxygen atoms in total. The Bertz CT molecular complexity index is 1420. The van der Waals surface area contributed by atoms with Crippen LogP contribution in [-0.4, -0.2) is 27.0 Å². The van der Waals surface area contributed by atoms with Crippen molar-refractivity contribution in [2.24, 2.45) is 12.8 Å². The Kier molecular flexibility index (Phi) is 6.33. The fourth-order valence-electron chi connectivity index (χ4n) is 3.47. The third kappa shape index (κ3) is 4.90. The van der Waals surface area contributed by atoms with Crippen LogP contribution in [0.3, 0.4) is 0 Å². The van der Waals surface area contributed by atoms with Crippen LogP contribution in [0.2, 0.25) is 0 Å². The van der Waals surface area contributed by atoms with E-state index in [1.807, 2.05) is 64.3 Å². The Morgan fingerprint density at radius 1 is 1.21 bits per heavy atom. The van der Waals surface area contributed by atoms with Gasteiger partial charge < -0.3 is 15.3 Å². The summed E-state index contributed by atoms with van der Waals surface area (Å²) in [5, 5.41) is 13.1. The van der Waals surface area contributed by atoms with Gasteiger partial charge in [0.1, 0.15) is 11.3 Å². The number of aliphatic carboxylic acids is 1. The maximum atomic E-state index is 13.0. The number of carbonyl (C=O) groups is 1. The molecular formula is C23H22F3N3O4. The Balaban J connectivity index is 0.000000383. The van der Waals surface area contributed by atoms with E-state index < -0.39 is 12.1 Å². The molecule has 0 spiro atoms. The summed E-state index contributed by atoms with van der Waals surface area (Å²) < 4.78 is 39.8. The number of alkyl halides is 3. The Labute approximate surface area is 186 Å². The van der Waals surface area contributed by atoms with E-state index in [0.717, 1.165) is 27.6 Å². The molecule has 4 aromatic rings. The quantitative estimate of drug-likeness (QED) is 0.451.